The Bertz CT molecular complexity index is 725. The molecule has 1 amide bonds. The maximum Gasteiger partial charge on any atom is 0.273 e. The molecule has 1 aliphatic rings. The van der Waals surface area contributed by atoms with Gasteiger partial charge in [0.1, 0.15) is 0 Å². The molecule has 0 atom stereocenters. The number of carbonyl (C=O) groups excluding carboxylic acids is 1. The van der Waals surface area contributed by atoms with Crippen LogP contribution in [0.5, 0.6) is 11.5 Å². The molecule has 2 heterocycles. The van der Waals surface area contributed by atoms with Crippen molar-refractivity contribution in [3.8, 4) is 11.5 Å². The van der Waals surface area contributed by atoms with E-state index in [-0.39, 0.29) is 5.91 Å². The van der Waals surface area contributed by atoms with E-state index in [0.29, 0.717) is 29.8 Å². The van der Waals surface area contributed by atoms with E-state index in [0.717, 1.165) is 31.5 Å². The number of ether oxygens (including phenoxy) is 2. The molecule has 1 aromatic carbocycles. The van der Waals surface area contributed by atoms with Crippen molar-refractivity contribution >= 4 is 5.91 Å². The van der Waals surface area contributed by atoms with Gasteiger partial charge in [-0.25, -0.2) is 4.68 Å². The van der Waals surface area contributed by atoms with Crippen LogP contribution in [0.25, 0.3) is 0 Å². The van der Waals surface area contributed by atoms with Gasteiger partial charge in [0.25, 0.3) is 5.91 Å². The molecule has 0 aliphatic carbocycles. The molecule has 25 heavy (non-hydrogen) atoms. The Balaban J connectivity index is 1.64. The number of nitrogens with one attached hydrogen (secondary N) is 2. The Hall–Kier alpha value is -2.61. The summed E-state index contributed by atoms with van der Waals surface area (Å²) in [6.45, 7) is 2.24. The van der Waals surface area contributed by atoms with Gasteiger partial charge in [0.05, 0.1) is 26.5 Å². The highest BCUT2D eigenvalue weighted by Crippen LogP contribution is 2.30. The number of nitrogens with zero attached hydrogens (tertiary/aromatic N) is 3. The lowest BCUT2D eigenvalue weighted by molar-refractivity contribution is 0.0945. The molecule has 1 aliphatic heterocycles. The summed E-state index contributed by atoms with van der Waals surface area (Å²) < 4.78 is 12.4. The number of piperidine rings is 1. The minimum atomic E-state index is -0.259. The molecule has 2 N–H and O–H groups in total. The molecule has 0 unspecified atom stereocenters. The van der Waals surface area contributed by atoms with E-state index < -0.39 is 0 Å². The molecular weight excluding hydrogens is 322 g/mol. The number of aromatic nitrogens is 3. The summed E-state index contributed by atoms with van der Waals surface area (Å²) in [6.07, 6.45) is 3.70. The lowest BCUT2D eigenvalue weighted by atomic mass is 10.1. The number of rotatable bonds is 6. The second-order valence-electron chi connectivity index (χ2n) is 5.90. The van der Waals surface area contributed by atoms with Gasteiger partial charge in [0.15, 0.2) is 17.2 Å². The number of para-hydroxylation sites is 1. The predicted octanol–water partition coefficient (Wildman–Crippen LogP) is 1.15. The van der Waals surface area contributed by atoms with Crippen molar-refractivity contribution in [3.05, 3.63) is 35.7 Å². The van der Waals surface area contributed by atoms with Crippen LogP contribution in [0.4, 0.5) is 0 Å². The first kappa shape index (κ1) is 17.2. The Morgan fingerprint density at radius 1 is 1.32 bits per heavy atom. The molecule has 3 rings (SSSR count). The maximum atomic E-state index is 12.4. The van der Waals surface area contributed by atoms with Crippen molar-refractivity contribution in [1.82, 2.24) is 25.6 Å². The third-order valence-electron chi connectivity index (χ3n) is 4.35. The highest BCUT2D eigenvalue weighted by Gasteiger charge is 2.19. The van der Waals surface area contributed by atoms with Gasteiger partial charge in [0, 0.05) is 12.1 Å². The summed E-state index contributed by atoms with van der Waals surface area (Å²) in [4.78, 5) is 12.4. The van der Waals surface area contributed by atoms with E-state index in [1.165, 1.54) is 0 Å². The van der Waals surface area contributed by atoms with Gasteiger partial charge >= 0.3 is 0 Å². The first-order chi connectivity index (χ1) is 12.2. The number of hydrogen-bond acceptors (Lipinski definition) is 6. The Kier molecular flexibility index (Phi) is 5.49. The number of carbonyl (C=O) groups is 1. The van der Waals surface area contributed by atoms with Gasteiger partial charge in [-0.15, -0.1) is 5.10 Å². The Labute approximate surface area is 146 Å². The minimum Gasteiger partial charge on any atom is -0.493 e. The van der Waals surface area contributed by atoms with E-state index in [1.54, 1.807) is 25.1 Å². The van der Waals surface area contributed by atoms with Crippen LogP contribution in [0.2, 0.25) is 0 Å². The van der Waals surface area contributed by atoms with Gasteiger partial charge in [-0.2, -0.15) is 0 Å². The third-order valence-corrected chi connectivity index (χ3v) is 4.35. The van der Waals surface area contributed by atoms with E-state index >= 15 is 0 Å². The fraction of sp³-hybridized carbons (Fsp3) is 0.471. The molecule has 2 aromatic rings. The average Bonchev–Trinajstić information content (AvgIpc) is 3.16. The van der Waals surface area contributed by atoms with Crippen molar-refractivity contribution < 1.29 is 14.3 Å². The fourth-order valence-electron chi connectivity index (χ4n) is 2.99. The molecule has 1 aromatic heterocycles. The molecule has 1 fully saturated rings. The van der Waals surface area contributed by atoms with Crippen molar-refractivity contribution in [2.45, 2.75) is 25.4 Å². The quantitative estimate of drug-likeness (QED) is 0.816. The highest BCUT2D eigenvalue weighted by molar-refractivity contribution is 5.91. The van der Waals surface area contributed by atoms with Crippen LogP contribution >= 0.6 is 0 Å². The third kappa shape index (κ3) is 3.90. The van der Waals surface area contributed by atoms with Crippen molar-refractivity contribution in [3.63, 3.8) is 0 Å². The van der Waals surface area contributed by atoms with E-state index in [9.17, 15) is 4.79 Å². The van der Waals surface area contributed by atoms with Gasteiger partial charge in [0.2, 0.25) is 0 Å². The van der Waals surface area contributed by atoms with Crippen molar-refractivity contribution in [1.29, 1.82) is 0 Å². The molecule has 1 saturated heterocycles. The summed E-state index contributed by atoms with van der Waals surface area (Å²) in [5.74, 6) is 0.986. The zero-order valence-corrected chi connectivity index (χ0v) is 14.5. The summed E-state index contributed by atoms with van der Waals surface area (Å²) in [6, 6.07) is 5.85. The topological polar surface area (TPSA) is 90.3 Å². The number of benzene rings is 1. The zero-order chi connectivity index (χ0) is 17.6. The lowest BCUT2D eigenvalue weighted by Crippen LogP contribution is -2.29. The first-order valence-electron chi connectivity index (χ1n) is 8.33. The highest BCUT2D eigenvalue weighted by atomic mass is 16.5. The summed E-state index contributed by atoms with van der Waals surface area (Å²) in [7, 11) is 3.16. The maximum absolute atomic E-state index is 12.4. The van der Waals surface area contributed by atoms with Crippen LogP contribution in [0.3, 0.4) is 0 Å². The predicted molar refractivity (Wildman–Crippen MR) is 91.9 cm³/mol. The Morgan fingerprint density at radius 3 is 2.84 bits per heavy atom. The van der Waals surface area contributed by atoms with E-state index in [2.05, 4.69) is 20.9 Å². The number of hydrogen-bond donors (Lipinski definition) is 2. The number of methoxy groups -OCH3 is 2. The summed E-state index contributed by atoms with van der Waals surface area (Å²) in [5, 5.41) is 14.3. The molecule has 0 bridgehead atoms. The summed E-state index contributed by atoms with van der Waals surface area (Å²) >= 11 is 0. The molecule has 8 heteroatoms. The zero-order valence-electron chi connectivity index (χ0n) is 14.5. The van der Waals surface area contributed by atoms with Crippen molar-refractivity contribution in [2.24, 2.45) is 0 Å². The largest absolute Gasteiger partial charge is 0.493 e. The van der Waals surface area contributed by atoms with Gasteiger partial charge in [-0.1, -0.05) is 17.3 Å². The number of amides is 1. The van der Waals surface area contributed by atoms with Crippen LogP contribution < -0.4 is 20.1 Å². The van der Waals surface area contributed by atoms with E-state index in [1.807, 2.05) is 18.2 Å². The Morgan fingerprint density at radius 2 is 2.12 bits per heavy atom. The van der Waals surface area contributed by atoms with Crippen LogP contribution in [0.1, 0.15) is 34.9 Å². The summed E-state index contributed by atoms with van der Waals surface area (Å²) in [5.41, 5.74) is 1.15. The van der Waals surface area contributed by atoms with Gasteiger partial charge in [-0.05, 0) is 32.0 Å². The van der Waals surface area contributed by atoms with Crippen LogP contribution in [0.15, 0.2) is 24.4 Å². The molecule has 134 valence electrons. The van der Waals surface area contributed by atoms with Crippen molar-refractivity contribution in [2.75, 3.05) is 27.3 Å². The standard InChI is InChI=1S/C17H23N5O3/c1-24-15-5-3-4-12(16(15)25-2)10-19-17(23)14-11-22(21-20-14)13-6-8-18-9-7-13/h3-5,11,13,18H,6-10H2,1-2H3,(H,19,23). The minimum absolute atomic E-state index is 0.259. The lowest BCUT2D eigenvalue weighted by Gasteiger charge is -2.22. The van der Waals surface area contributed by atoms with Gasteiger partial charge < -0.3 is 20.1 Å². The van der Waals surface area contributed by atoms with Crippen LogP contribution in [-0.4, -0.2) is 48.2 Å². The van der Waals surface area contributed by atoms with Crippen LogP contribution in [0, 0.1) is 0 Å². The SMILES string of the molecule is COc1cccc(CNC(=O)c2cn(C3CCNCC3)nn2)c1OC. The smallest absolute Gasteiger partial charge is 0.273 e. The molecule has 0 radical (unpaired) electrons. The second-order valence-corrected chi connectivity index (χ2v) is 5.90. The van der Waals surface area contributed by atoms with Crippen LogP contribution in [-0.2, 0) is 6.54 Å². The van der Waals surface area contributed by atoms with E-state index in [4.69, 9.17) is 9.47 Å². The second kappa shape index (κ2) is 7.98. The first-order valence-corrected chi connectivity index (χ1v) is 8.33. The monoisotopic (exact) mass is 345 g/mol. The molecule has 8 nitrogen and oxygen atoms in total. The molecule has 0 spiro atoms. The normalized spacial score (nSPS) is 15.0. The molecule has 0 saturated carbocycles. The van der Waals surface area contributed by atoms with Gasteiger partial charge in [-0.3, -0.25) is 4.79 Å². The average molecular weight is 345 g/mol. The fourth-order valence-corrected chi connectivity index (χ4v) is 2.99. The molecular formula is C17H23N5O3.